The molecule has 9 heteroatoms. The Bertz CT molecular complexity index is 782. The number of anilines is 1. The summed E-state index contributed by atoms with van der Waals surface area (Å²) in [6.07, 6.45) is -2.89. The van der Waals surface area contributed by atoms with Gasteiger partial charge in [-0.05, 0) is 24.3 Å². The number of aromatic nitrogens is 1. The summed E-state index contributed by atoms with van der Waals surface area (Å²) < 4.78 is 48.5. The van der Waals surface area contributed by atoms with Crippen LogP contribution in [0.2, 0.25) is 0 Å². The fourth-order valence-corrected chi connectivity index (χ4v) is 2.85. The van der Waals surface area contributed by atoms with Crippen LogP contribution in [-0.2, 0) is 11.0 Å². The third-order valence-corrected chi connectivity index (χ3v) is 4.39. The molecule has 138 valence electrons. The summed E-state index contributed by atoms with van der Waals surface area (Å²) in [7, 11) is 0. The second-order valence-corrected chi connectivity index (χ2v) is 6.43. The van der Waals surface area contributed by atoms with Gasteiger partial charge >= 0.3 is 6.18 Å². The van der Waals surface area contributed by atoms with Gasteiger partial charge in [0.05, 0.1) is 29.6 Å². The summed E-state index contributed by atoms with van der Waals surface area (Å²) in [5, 5.41) is 3.05. The van der Waals surface area contributed by atoms with Crippen LogP contribution in [-0.4, -0.2) is 29.9 Å². The number of carbonyl (C=O) groups excluding carboxylic acids is 1. The number of fused-ring (bicyclic) bond motifs is 1. The molecule has 0 saturated heterocycles. The van der Waals surface area contributed by atoms with Gasteiger partial charge in [-0.3, -0.25) is 4.79 Å². The second-order valence-electron chi connectivity index (χ2n) is 5.43. The number of alkyl halides is 3. The highest BCUT2D eigenvalue weighted by Gasteiger charge is 2.30. The number of thioether (sulfide) groups is 1. The third-order valence-electron chi connectivity index (χ3n) is 3.45. The average molecular weight is 384 g/mol. The van der Waals surface area contributed by atoms with E-state index >= 15 is 0 Å². The van der Waals surface area contributed by atoms with E-state index in [2.05, 4.69) is 10.3 Å². The Balaban J connectivity index is 1.55. The zero-order chi connectivity index (χ0) is 18.6. The fraction of sp³-hybridized carbons (Fsp3) is 0.294. The molecule has 0 spiro atoms. The lowest BCUT2D eigenvalue weighted by Gasteiger charge is -2.10. The van der Waals surface area contributed by atoms with Crippen molar-refractivity contribution in [3.8, 4) is 11.5 Å². The van der Waals surface area contributed by atoms with E-state index in [-0.39, 0.29) is 11.7 Å². The summed E-state index contributed by atoms with van der Waals surface area (Å²) in [5.41, 5.74) is -0.265. The Kier molecular flexibility index (Phi) is 5.55. The number of benzene rings is 1. The first-order valence-corrected chi connectivity index (χ1v) is 8.76. The van der Waals surface area contributed by atoms with E-state index < -0.39 is 11.7 Å². The molecule has 1 aromatic carbocycles. The standard InChI is InChI=1S/C17H15F3N2O3S/c18-17(19,20)11-2-5-16(21-9-11)26-10-15(23)22-12-3-4-13-14(8-12)25-7-1-6-24-13/h2-5,8-9H,1,6-7,10H2,(H,22,23). The van der Waals surface area contributed by atoms with Crippen molar-refractivity contribution >= 4 is 23.4 Å². The molecule has 1 aliphatic heterocycles. The van der Waals surface area contributed by atoms with E-state index in [1.54, 1.807) is 18.2 Å². The van der Waals surface area contributed by atoms with Crippen LogP contribution >= 0.6 is 11.8 Å². The van der Waals surface area contributed by atoms with E-state index in [0.717, 1.165) is 30.4 Å². The van der Waals surface area contributed by atoms with Crippen molar-refractivity contribution < 1.29 is 27.4 Å². The predicted molar refractivity (Wildman–Crippen MR) is 90.6 cm³/mol. The summed E-state index contributed by atoms with van der Waals surface area (Å²) in [5.74, 6) is 0.916. The van der Waals surface area contributed by atoms with E-state index in [9.17, 15) is 18.0 Å². The van der Waals surface area contributed by atoms with Crippen molar-refractivity contribution in [3.05, 3.63) is 42.1 Å². The maximum atomic E-state index is 12.5. The normalized spacial score (nSPS) is 13.8. The molecule has 0 unspecified atom stereocenters. The molecule has 2 heterocycles. The van der Waals surface area contributed by atoms with Crippen molar-refractivity contribution in [2.45, 2.75) is 17.6 Å². The first-order chi connectivity index (χ1) is 12.4. The van der Waals surface area contributed by atoms with Gasteiger partial charge in [-0.25, -0.2) is 4.98 Å². The van der Waals surface area contributed by atoms with Crippen molar-refractivity contribution in [2.24, 2.45) is 0 Å². The number of nitrogens with zero attached hydrogens (tertiary/aromatic N) is 1. The highest BCUT2D eigenvalue weighted by Crippen LogP contribution is 2.32. The quantitative estimate of drug-likeness (QED) is 0.808. The molecular weight excluding hydrogens is 369 g/mol. The molecule has 1 amide bonds. The summed E-state index contributed by atoms with van der Waals surface area (Å²) in [6.45, 7) is 1.12. The molecule has 26 heavy (non-hydrogen) atoms. The first kappa shape index (κ1) is 18.4. The molecule has 0 atom stereocenters. The third kappa shape index (κ3) is 4.81. The largest absolute Gasteiger partial charge is 0.490 e. The molecule has 5 nitrogen and oxygen atoms in total. The number of nitrogens with one attached hydrogen (secondary N) is 1. The number of rotatable bonds is 4. The van der Waals surface area contributed by atoms with Crippen LogP contribution in [0.25, 0.3) is 0 Å². The highest BCUT2D eigenvalue weighted by atomic mass is 32.2. The zero-order valence-corrected chi connectivity index (χ0v) is 14.3. The Labute approximate surface area is 151 Å². The SMILES string of the molecule is O=C(CSc1ccc(C(F)(F)F)cn1)Nc1ccc2c(c1)OCCCO2. The van der Waals surface area contributed by atoms with Gasteiger partial charge in [0.15, 0.2) is 11.5 Å². The molecule has 0 radical (unpaired) electrons. The van der Waals surface area contributed by atoms with Crippen LogP contribution in [0.5, 0.6) is 11.5 Å². The van der Waals surface area contributed by atoms with Gasteiger partial charge in [-0.2, -0.15) is 13.2 Å². The average Bonchev–Trinajstić information content (AvgIpc) is 2.84. The number of pyridine rings is 1. The minimum absolute atomic E-state index is 0.0206. The maximum absolute atomic E-state index is 12.5. The number of hydrogen-bond acceptors (Lipinski definition) is 5. The Hall–Kier alpha value is -2.42. The number of hydrogen-bond donors (Lipinski definition) is 1. The van der Waals surface area contributed by atoms with Crippen molar-refractivity contribution in [2.75, 3.05) is 24.3 Å². The van der Waals surface area contributed by atoms with E-state index in [0.29, 0.717) is 35.4 Å². The maximum Gasteiger partial charge on any atom is 0.417 e. The van der Waals surface area contributed by atoms with Crippen LogP contribution in [0, 0.1) is 0 Å². The summed E-state index contributed by atoms with van der Waals surface area (Å²) >= 11 is 1.05. The molecule has 1 N–H and O–H groups in total. The molecule has 0 fully saturated rings. The van der Waals surface area contributed by atoms with Crippen LogP contribution in [0.1, 0.15) is 12.0 Å². The van der Waals surface area contributed by atoms with Gasteiger partial charge in [-0.15, -0.1) is 0 Å². The molecular formula is C17H15F3N2O3S. The molecule has 0 aliphatic carbocycles. The smallest absolute Gasteiger partial charge is 0.417 e. The Morgan fingerprint density at radius 2 is 1.92 bits per heavy atom. The molecule has 1 aromatic heterocycles. The fourth-order valence-electron chi connectivity index (χ4n) is 2.21. The van der Waals surface area contributed by atoms with Crippen LogP contribution in [0.4, 0.5) is 18.9 Å². The topological polar surface area (TPSA) is 60.5 Å². The van der Waals surface area contributed by atoms with E-state index in [1.807, 2.05) is 0 Å². The Morgan fingerprint density at radius 1 is 1.15 bits per heavy atom. The minimum atomic E-state index is -4.43. The van der Waals surface area contributed by atoms with Gasteiger partial charge < -0.3 is 14.8 Å². The van der Waals surface area contributed by atoms with Gasteiger partial charge in [0, 0.05) is 24.4 Å². The Morgan fingerprint density at radius 3 is 2.62 bits per heavy atom. The van der Waals surface area contributed by atoms with Crippen molar-refractivity contribution in [1.29, 1.82) is 0 Å². The van der Waals surface area contributed by atoms with Gasteiger partial charge in [0.1, 0.15) is 0 Å². The molecule has 3 rings (SSSR count). The van der Waals surface area contributed by atoms with Crippen LogP contribution in [0.15, 0.2) is 41.6 Å². The number of amides is 1. The van der Waals surface area contributed by atoms with Gasteiger partial charge in [0.2, 0.25) is 5.91 Å². The lowest BCUT2D eigenvalue weighted by atomic mass is 10.2. The van der Waals surface area contributed by atoms with E-state index in [4.69, 9.17) is 9.47 Å². The second kappa shape index (κ2) is 7.86. The molecule has 2 aromatic rings. The zero-order valence-electron chi connectivity index (χ0n) is 13.5. The molecule has 0 saturated carbocycles. The number of halogens is 3. The predicted octanol–water partition coefficient (Wildman–Crippen LogP) is 3.99. The lowest BCUT2D eigenvalue weighted by molar-refractivity contribution is -0.137. The van der Waals surface area contributed by atoms with Crippen molar-refractivity contribution in [3.63, 3.8) is 0 Å². The van der Waals surface area contributed by atoms with Gasteiger partial charge in [-0.1, -0.05) is 11.8 Å². The number of carbonyl (C=O) groups is 1. The summed E-state index contributed by atoms with van der Waals surface area (Å²) in [6, 6.07) is 7.29. The van der Waals surface area contributed by atoms with Crippen molar-refractivity contribution in [1.82, 2.24) is 4.98 Å². The van der Waals surface area contributed by atoms with Crippen LogP contribution in [0.3, 0.4) is 0 Å². The van der Waals surface area contributed by atoms with Crippen LogP contribution < -0.4 is 14.8 Å². The van der Waals surface area contributed by atoms with Gasteiger partial charge in [0.25, 0.3) is 0 Å². The summed E-state index contributed by atoms with van der Waals surface area (Å²) in [4.78, 5) is 15.8. The monoisotopic (exact) mass is 384 g/mol. The lowest BCUT2D eigenvalue weighted by Crippen LogP contribution is -2.14. The molecule has 0 bridgehead atoms. The first-order valence-electron chi connectivity index (χ1n) is 7.77. The number of ether oxygens (including phenoxy) is 2. The highest BCUT2D eigenvalue weighted by molar-refractivity contribution is 7.99. The molecule has 1 aliphatic rings. The van der Waals surface area contributed by atoms with E-state index in [1.165, 1.54) is 6.07 Å². The minimum Gasteiger partial charge on any atom is -0.490 e.